The highest BCUT2D eigenvalue weighted by Gasteiger charge is 2.16. The van der Waals surface area contributed by atoms with Crippen LogP contribution in [0, 0.1) is 0 Å². The first-order valence-corrected chi connectivity index (χ1v) is 7.88. The van der Waals surface area contributed by atoms with Gasteiger partial charge in [0, 0.05) is 5.39 Å². The number of hydrogen-bond acceptors (Lipinski definition) is 7. The average molecular weight is 331 g/mol. The summed E-state index contributed by atoms with van der Waals surface area (Å²) in [6.07, 6.45) is 1.56. The zero-order valence-corrected chi connectivity index (χ0v) is 13.1. The lowest BCUT2D eigenvalue weighted by atomic mass is 10.2. The molecule has 0 spiro atoms. The number of esters is 1. The lowest BCUT2D eigenvalue weighted by Crippen LogP contribution is -2.19. The van der Waals surface area contributed by atoms with Crippen molar-refractivity contribution in [1.82, 2.24) is 5.32 Å². The Labute approximate surface area is 135 Å². The molecule has 1 aromatic heterocycles. The Balaban J connectivity index is 1.77. The van der Waals surface area contributed by atoms with Crippen LogP contribution in [0.5, 0.6) is 0 Å². The third-order valence-corrected chi connectivity index (χ3v) is 3.82. The second kappa shape index (κ2) is 6.66. The number of furan rings is 1. The van der Waals surface area contributed by atoms with E-state index in [1.54, 1.807) is 31.3 Å². The first-order chi connectivity index (χ1) is 11.2. The zero-order valence-electron chi connectivity index (χ0n) is 12.2. The van der Waals surface area contributed by atoms with Gasteiger partial charge in [0.25, 0.3) is 0 Å². The third-order valence-electron chi connectivity index (χ3n) is 2.96. The van der Waals surface area contributed by atoms with Gasteiger partial charge in [0.05, 0.1) is 18.6 Å². The van der Waals surface area contributed by atoms with E-state index in [1.807, 2.05) is 6.07 Å². The smallest absolute Gasteiger partial charge is 0.374 e. The standard InChI is InChI=1S/C15H13N3O4S/c1-2-21-14(20)12-6-10-5-9(3-4-11(10)22-12)7-16-18-15-17-13(19)8-23-15/h3-7H,2,8H2,1H3,(H,17,18,19). The molecule has 118 valence electrons. The third kappa shape index (κ3) is 3.59. The van der Waals surface area contributed by atoms with Gasteiger partial charge in [0.1, 0.15) is 5.58 Å². The van der Waals surface area contributed by atoms with Gasteiger partial charge in [-0.1, -0.05) is 11.8 Å². The van der Waals surface area contributed by atoms with Crippen LogP contribution in [0.1, 0.15) is 23.0 Å². The number of hydrogen-bond donors (Lipinski definition) is 1. The summed E-state index contributed by atoms with van der Waals surface area (Å²) < 4.78 is 10.3. The van der Waals surface area contributed by atoms with Crippen LogP contribution in [0.3, 0.4) is 0 Å². The fourth-order valence-corrected chi connectivity index (χ4v) is 2.60. The fraction of sp³-hybridized carbons (Fsp3) is 0.200. The molecule has 0 unspecified atom stereocenters. The van der Waals surface area contributed by atoms with Gasteiger partial charge in [0.15, 0.2) is 5.17 Å². The van der Waals surface area contributed by atoms with Crippen LogP contribution >= 0.6 is 11.8 Å². The summed E-state index contributed by atoms with van der Waals surface area (Å²) in [6, 6.07) is 7.00. The maximum absolute atomic E-state index is 11.6. The molecule has 2 heterocycles. The molecule has 1 amide bonds. The monoisotopic (exact) mass is 331 g/mol. The van der Waals surface area contributed by atoms with Crippen molar-refractivity contribution in [2.24, 2.45) is 10.2 Å². The molecular formula is C15H13N3O4S. The summed E-state index contributed by atoms with van der Waals surface area (Å²) >= 11 is 1.31. The van der Waals surface area contributed by atoms with Crippen molar-refractivity contribution >= 4 is 46.0 Å². The SMILES string of the molecule is CCOC(=O)c1cc2cc(C=NN=C3NC(=O)CS3)ccc2o1. The number of ether oxygens (including phenoxy) is 1. The second-order valence-electron chi connectivity index (χ2n) is 4.61. The highest BCUT2D eigenvalue weighted by atomic mass is 32.2. The first kappa shape index (κ1) is 15.3. The van der Waals surface area contributed by atoms with E-state index >= 15 is 0 Å². The van der Waals surface area contributed by atoms with Crippen molar-refractivity contribution in [1.29, 1.82) is 0 Å². The summed E-state index contributed by atoms with van der Waals surface area (Å²) in [6.45, 7) is 2.03. The number of carbonyl (C=O) groups is 2. The normalized spacial score (nSPS) is 16.4. The fourth-order valence-electron chi connectivity index (χ4n) is 1.97. The molecule has 1 aliphatic heterocycles. The molecule has 1 N–H and O–H groups in total. The predicted octanol–water partition coefficient (Wildman–Crippen LogP) is 2.16. The summed E-state index contributed by atoms with van der Waals surface area (Å²) in [7, 11) is 0. The summed E-state index contributed by atoms with van der Waals surface area (Å²) in [4.78, 5) is 22.7. The molecule has 1 aromatic carbocycles. The van der Waals surface area contributed by atoms with E-state index in [0.29, 0.717) is 23.1 Å². The highest BCUT2D eigenvalue weighted by molar-refractivity contribution is 8.15. The number of amidine groups is 1. The van der Waals surface area contributed by atoms with Gasteiger partial charge in [0.2, 0.25) is 11.7 Å². The molecule has 23 heavy (non-hydrogen) atoms. The van der Waals surface area contributed by atoms with Crippen LogP contribution in [0.15, 0.2) is 38.9 Å². The molecule has 1 saturated heterocycles. The maximum Gasteiger partial charge on any atom is 0.374 e. The second-order valence-corrected chi connectivity index (χ2v) is 5.58. The molecule has 3 rings (SSSR count). The van der Waals surface area contributed by atoms with Crippen molar-refractivity contribution in [3.05, 3.63) is 35.6 Å². The molecule has 1 aliphatic rings. The van der Waals surface area contributed by atoms with E-state index in [9.17, 15) is 9.59 Å². The Bertz CT molecular complexity index is 825. The topological polar surface area (TPSA) is 93.3 Å². The Kier molecular flexibility index (Phi) is 4.42. The molecule has 8 heteroatoms. The lowest BCUT2D eigenvalue weighted by Gasteiger charge is -1.95. The van der Waals surface area contributed by atoms with Gasteiger partial charge in [-0.15, -0.1) is 5.10 Å². The van der Waals surface area contributed by atoms with Crippen molar-refractivity contribution in [2.45, 2.75) is 6.92 Å². The number of benzene rings is 1. The molecule has 0 radical (unpaired) electrons. The molecule has 7 nitrogen and oxygen atoms in total. The summed E-state index contributed by atoms with van der Waals surface area (Å²) in [5.41, 5.74) is 1.39. The number of fused-ring (bicyclic) bond motifs is 1. The van der Waals surface area contributed by atoms with Crippen LogP contribution in [0.4, 0.5) is 0 Å². The average Bonchev–Trinajstić information content (AvgIpc) is 3.13. The van der Waals surface area contributed by atoms with Gasteiger partial charge in [-0.3, -0.25) is 4.79 Å². The van der Waals surface area contributed by atoms with Gasteiger partial charge in [-0.25, -0.2) is 4.79 Å². The summed E-state index contributed by atoms with van der Waals surface area (Å²) in [5, 5.41) is 11.7. The van der Waals surface area contributed by atoms with Gasteiger partial charge < -0.3 is 14.5 Å². The van der Waals surface area contributed by atoms with E-state index in [2.05, 4.69) is 15.5 Å². The van der Waals surface area contributed by atoms with E-state index in [-0.39, 0.29) is 11.7 Å². The van der Waals surface area contributed by atoms with Crippen molar-refractivity contribution in [2.75, 3.05) is 12.4 Å². The van der Waals surface area contributed by atoms with E-state index < -0.39 is 5.97 Å². The van der Waals surface area contributed by atoms with E-state index in [1.165, 1.54) is 11.8 Å². The minimum absolute atomic E-state index is 0.0738. The molecule has 0 saturated carbocycles. The maximum atomic E-state index is 11.6. The summed E-state index contributed by atoms with van der Waals surface area (Å²) in [5.74, 6) is -0.0257. The number of carbonyl (C=O) groups excluding carboxylic acids is 2. The lowest BCUT2D eigenvalue weighted by molar-refractivity contribution is -0.116. The van der Waals surface area contributed by atoms with Crippen LogP contribution in [-0.4, -0.2) is 35.6 Å². The van der Waals surface area contributed by atoms with Crippen molar-refractivity contribution in [3.63, 3.8) is 0 Å². The number of rotatable bonds is 4. The number of nitrogens with zero attached hydrogens (tertiary/aromatic N) is 2. The predicted molar refractivity (Wildman–Crippen MR) is 87.8 cm³/mol. The molecule has 0 bridgehead atoms. The Hall–Kier alpha value is -2.61. The number of thioether (sulfide) groups is 1. The Morgan fingerprint density at radius 3 is 3.09 bits per heavy atom. The van der Waals surface area contributed by atoms with Gasteiger partial charge in [-0.2, -0.15) is 5.10 Å². The van der Waals surface area contributed by atoms with Crippen LogP contribution < -0.4 is 5.32 Å². The van der Waals surface area contributed by atoms with Gasteiger partial charge in [-0.05, 0) is 36.8 Å². The van der Waals surface area contributed by atoms with Crippen molar-refractivity contribution in [3.8, 4) is 0 Å². The van der Waals surface area contributed by atoms with Crippen molar-refractivity contribution < 1.29 is 18.7 Å². The molecular weight excluding hydrogens is 318 g/mol. The number of amides is 1. The van der Waals surface area contributed by atoms with Crippen LogP contribution in [0.2, 0.25) is 0 Å². The first-order valence-electron chi connectivity index (χ1n) is 6.90. The van der Waals surface area contributed by atoms with E-state index in [0.717, 1.165) is 10.9 Å². The molecule has 0 aliphatic carbocycles. The molecule has 1 fully saturated rings. The Morgan fingerprint density at radius 1 is 1.48 bits per heavy atom. The molecule has 2 aromatic rings. The highest BCUT2D eigenvalue weighted by Crippen LogP contribution is 2.21. The Morgan fingerprint density at radius 2 is 2.35 bits per heavy atom. The van der Waals surface area contributed by atoms with Crippen LogP contribution in [0.25, 0.3) is 11.0 Å². The molecule has 0 atom stereocenters. The minimum Gasteiger partial charge on any atom is -0.460 e. The van der Waals surface area contributed by atoms with Gasteiger partial charge >= 0.3 is 5.97 Å². The minimum atomic E-state index is -0.487. The van der Waals surface area contributed by atoms with Crippen LogP contribution in [-0.2, 0) is 9.53 Å². The van der Waals surface area contributed by atoms with E-state index in [4.69, 9.17) is 9.15 Å². The largest absolute Gasteiger partial charge is 0.460 e. The number of nitrogens with one attached hydrogen (secondary N) is 1. The quantitative estimate of drug-likeness (QED) is 0.526. The zero-order chi connectivity index (χ0) is 16.2.